The Balaban J connectivity index is 1.90. The van der Waals surface area contributed by atoms with Gasteiger partial charge in [-0.15, -0.1) is 0 Å². The molecule has 2 rings (SSSR count). The Morgan fingerprint density at radius 2 is 1.50 bits per heavy atom. The highest BCUT2D eigenvalue weighted by Crippen LogP contribution is 2.16. The quantitative estimate of drug-likeness (QED) is 0.727. The summed E-state index contributed by atoms with van der Waals surface area (Å²) in [6.07, 6.45) is 0. The van der Waals surface area contributed by atoms with Gasteiger partial charge in [-0.2, -0.15) is 0 Å². The molecule has 0 spiro atoms. The molecule has 94 valence electrons. The Morgan fingerprint density at radius 3 is 2.17 bits per heavy atom. The van der Waals surface area contributed by atoms with E-state index in [2.05, 4.69) is 31.9 Å². The van der Waals surface area contributed by atoms with Gasteiger partial charge in [0.2, 0.25) is 0 Å². The molecule has 0 atom stereocenters. The van der Waals surface area contributed by atoms with Gasteiger partial charge in [-0.1, -0.05) is 44.0 Å². The van der Waals surface area contributed by atoms with Gasteiger partial charge in [0.1, 0.15) is 5.82 Å². The fraction of sp³-hybridized carbons (Fsp3) is 0.143. The summed E-state index contributed by atoms with van der Waals surface area (Å²) >= 11 is 6.64. The van der Waals surface area contributed by atoms with E-state index in [1.54, 1.807) is 0 Å². The number of benzene rings is 2. The first-order valence-electron chi connectivity index (χ1n) is 5.40. The molecule has 2 aromatic rings. The first-order chi connectivity index (χ1) is 8.63. The van der Waals surface area contributed by atoms with Crippen molar-refractivity contribution in [2.75, 3.05) is 0 Å². The van der Waals surface area contributed by atoms with E-state index in [9.17, 15) is 4.39 Å². The number of ether oxygens (including phenoxy) is 1. The van der Waals surface area contributed by atoms with Gasteiger partial charge in [-0.05, 0) is 41.5 Å². The van der Waals surface area contributed by atoms with Crippen LogP contribution in [0.4, 0.5) is 4.39 Å². The summed E-state index contributed by atoms with van der Waals surface area (Å²) in [5, 5.41) is 0. The lowest BCUT2D eigenvalue weighted by molar-refractivity contribution is 0.107. The fourth-order valence-corrected chi connectivity index (χ4v) is 2.34. The van der Waals surface area contributed by atoms with Crippen LogP contribution in [0.3, 0.4) is 0 Å². The second-order valence-corrected chi connectivity index (χ2v) is 5.73. The molecule has 4 heteroatoms. The van der Waals surface area contributed by atoms with E-state index < -0.39 is 0 Å². The molecule has 0 saturated carbocycles. The largest absolute Gasteiger partial charge is 0.372 e. The van der Waals surface area contributed by atoms with Crippen LogP contribution in [0, 0.1) is 5.82 Å². The lowest BCUT2D eigenvalue weighted by Crippen LogP contribution is -1.95. The number of halogens is 3. The molecule has 0 N–H and O–H groups in total. The molecule has 2 aromatic carbocycles. The summed E-state index contributed by atoms with van der Waals surface area (Å²) in [7, 11) is 0. The van der Waals surface area contributed by atoms with E-state index >= 15 is 0 Å². The zero-order chi connectivity index (χ0) is 13.0. The van der Waals surface area contributed by atoms with Crippen molar-refractivity contribution in [2.45, 2.75) is 13.2 Å². The number of rotatable bonds is 4. The Kier molecular flexibility index (Phi) is 4.92. The average Bonchev–Trinajstić information content (AvgIpc) is 2.30. The minimum absolute atomic E-state index is 0.258. The van der Waals surface area contributed by atoms with Crippen LogP contribution < -0.4 is 0 Å². The van der Waals surface area contributed by atoms with Crippen LogP contribution in [0.1, 0.15) is 11.1 Å². The summed E-state index contributed by atoms with van der Waals surface area (Å²) in [6.45, 7) is 0.911. The lowest BCUT2D eigenvalue weighted by Gasteiger charge is -2.05. The van der Waals surface area contributed by atoms with Crippen molar-refractivity contribution >= 4 is 31.9 Å². The van der Waals surface area contributed by atoms with Crippen LogP contribution in [0.5, 0.6) is 0 Å². The van der Waals surface area contributed by atoms with Crippen LogP contribution in [-0.2, 0) is 18.0 Å². The monoisotopic (exact) mass is 372 g/mol. The van der Waals surface area contributed by atoms with E-state index in [-0.39, 0.29) is 5.82 Å². The van der Waals surface area contributed by atoms with Gasteiger partial charge in [-0.25, -0.2) is 4.39 Å². The molecule has 0 aliphatic carbocycles. The minimum atomic E-state index is -0.258. The van der Waals surface area contributed by atoms with Gasteiger partial charge < -0.3 is 4.74 Å². The SMILES string of the molecule is Fc1cc(Br)cc(COCc2ccc(Br)cc2)c1. The smallest absolute Gasteiger partial charge is 0.124 e. The molecule has 0 aliphatic heterocycles. The zero-order valence-corrected chi connectivity index (χ0v) is 12.7. The molecule has 0 heterocycles. The molecule has 0 fully saturated rings. The normalized spacial score (nSPS) is 10.6. The van der Waals surface area contributed by atoms with Crippen molar-refractivity contribution in [3.8, 4) is 0 Å². The molecule has 18 heavy (non-hydrogen) atoms. The van der Waals surface area contributed by atoms with E-state index in [1.165, 1.54) is 12.1 Å². The van der Waals surface area contributed by atoms with Crippen LogP contribution in [0.25, 0.3) is 0 Å². The second-order valence-electron chi connectivity index (χ2n) is 3.90. The highest BCUT2D eigenvalue weighted by molar-refractivity contribution is 9.10. The predicted octanol–water partition coefficient (Wildman–Crippen LogP) is 5.07. The van der Waals surface area contributed by atoms with Gasteiger partial charge in [0, 0.05) is 8.95 Å². The molecule has 0 unspecified atom stereocenters. The van der Waals surface area contributed by atoms with Gasteiger partial charge in [0.15, 0.2) is 0 Å². The molecule has 0 aromatic heterocycles. The van der Waals surface area contributed by atoms with Crippen molar-refractivity contribution in [1.82, 2.24) is 0 Å². The third-order valence-electron chi connectivity index (χ3n) is 2.37. The van der Waals surface area contributed by atoms with Gasteiger partial charge in [0.05, 0.1) is 13.2 Å². The molecule has 1 nitrogen and oxygen atoms in total. The van der Waals surface area contributed by atoms with Gasteiger partial charge in [0.25, 0.3) is 0 Å². The Morgan fingerprint density at radius 1 is 0.833 bits per heavy atom. The summed E-state index contributed by atoms with van der Waals surface area (Å²) in [4.78, 5) is 0. The number of hydrogen-bond donors (Lipinski definition) is 0. The third kappa shape index (κ3) is 4.19. The van der Waals surface area contributed by atoms with Crippen LogP contribution in [-0.4, -0.2) is 0 Å². The second kappa shape index (κ2) is 6.45. The van der Waals surface area contributed by atoms with Gasteiger partial charge in [-0.3, -0.25) is 0 Å². The molecular formula is C14H11Br2FO. The standard InChI is InChI=1S/C14H11Br2FO/c15-12-3-1-10(2-4-12)8-18-9-11-5-13(16)7-14(17)6-11/h1-7H,8-9H2. The van der Waals surface area contributed by atoms with Crippen molar-refractivity contribution in [1.29, 1.82) is 0 Å². The van der Waals surface area contributed by atoms with Crippen LogP contribution in [0.2, 0.25) is 0 Å². The average molecular weight is 374 g/mol. The maximum atomic E-state index is 13.1. The Hall–Kier alpha value is -0.710. The summed E-state index contributed by atoms with van der Waals surface area (Å²) < 4.78 is 20.5. The Labute approximate surface area is 122 Å². The minimum Gasteiger partial charge on any atom is -0.372 e. The highest BCUT2D eigenvalue weighted by atomic mass is 79.9. The van der Waals surface area contributed by atoms with Crippen LogP contribution in [0.15, 0.2) is 51.4 Å². The van der Waals surface area contributed by atoms with E-state index in [0.717, 1.165) is 20.1 Å². The summed E-state index contributed by atoms with van der Waals surface area (Å²) in [5.41, 5.74) is 1.91. The topological polar surface area (TPSA) is 9.23 Å². The first-order valence-corrected chi connectivity index (χ1v) is 6.99. The maximum Gasteiger partial charge on any atom is 0.124 e. The molecule has 0 radical (unpaired) electrons. The van der Waals surface area contributed by atoms with Crippen molar-refractivity contribution in [2.24, 2.45) is 0 Å². The first kappa shape index (κ1) is 13.7. The molecule has 0 bridgehead atoms. The van der Waals surface area contributed by atoms with Crippen molar-refractivity contribution in [3.63, 3.8) is 0 Å². The van der Waals surface area contributed by atoms with E-state index in [0.29, 0.717) is 13.2 Å². The summed E-state index contributed by atoms with van der Waals surface area (Å²) in [5.74, 6) is -0.258. The number of hydrogen-bond acceptors (Lipinski definition) is 1. The molecule has 0 amide bonds. The maximum absolute atomic E-state index is 13.1. The van der Waals surface area contributed by atoms with Crippen molar-refractivity contribution < 1.29 is 9.13 Å². The molecule has 0 saturated heterocycles. The summed E-state index contributed by atoms with van der Waals surface area (Å²) in [6, 6.07) is 12.7. The molecular weight excluding hydrogens is 363 g/mol. The van der Waals surface area contributed by atoms with E-state index in [4.69, 9.17) is 4.74 Å². The molecule has 0 aliphatic rings. The zero-order valence-electron chi connectivity index (χ0n) is 9.50. The highest BCUT2D eigenvalue weighted by Gasteiger charge is 2.00. The van der Waals surface area contributed by atoms with Crippen LogP contribution >= 0.6 is 31.9 Å². The van der Waals surface area contributed by atoms with E-state index in [1.807, 2.05) is 30.3 Å². The Bertz CT molecular complexity index is 506. The van der Waals surface area contributed by atoms with Crippen molar-refractivity contribution in [3.05, 3.63) is 68.4 Å². The fourth-order valence-electron chi connectivity index (χ4n) is 1.56. The predicted molar refractivity (Wildman–Crippen MR) is 76.7 cm³/mol. The third-order valence-corrected chi connectivity index (χ3v) is 3.36. The van der Waals surface area contributed by atoms with Gasteiger partial charge >= 0.3 is 0 Å². The lowest BCUT2D eigenvalue weighted by atomic mass is 10.2.